The molecule has 1 N–H and O–H groups in total. The van der Waals surface area contributed by atoms with Crippen LogP contribution in [0.2, 0.25) is 5.02 Å². The molecule has 1 saturated heterocycles. The van der Waals surface area contributed by atoms with Crippen molar-refractivity contribution in [2.75, 3.05) is 26.2 Å². The first-order valence-corrected chi connectivity index (χ1v) is 9.25. The molecule has 1 aromatic heterocycles. The molecule has 0 radical (unpaired) electrons. The molecule has 2 heterocycles. The zero-order valence-corrected chi connectivity index (χ0v) is 15.4. The molecule has 134 valence electrons. The summed E-state index contributed by atoms with van der Waals surface area (Å²) in [6.07, 6.45) is -1.51. The molecular formula is C17H19ClFN3O2S. The van der Waals surface area contributed by atoms with Gasteiger partial charge in [0.2, 0.25) is 0 Å². The predicted molar refractivity (Wildman–Crippen MR) is 95.1 cm³/mol. The zero-order chi connectivity index (χ0) is 18.0. The van der Waals surface area contributed by atoms with E-state index < -0.39 is 17.8 Å². The lowest BCUT2D eigenvalue weighted by molar-refractivity contribution is -0.142. The molecule has 0 bridgehead atoms. The maximum atomic E-state index is 13.9. The van der Waals surface area contributed by atoms with Crippen LogP contribution in [0.3, 0.4) is 0 Å². The summed E-state index contributed by atoms with van der Waals surface area (Å²) in [5.74, 6) is -1.16. The average Bonchev–Trinajstić information content (AvgIpc) is 2.99. The fourth-order valence-electron chi connectivity index (χ4n) is 2.87. The second-order valence-corrected chi connectivity index (χ2v) is 7.53. The largest absolute Gasteiger partial charge is 0.378 e. The van der Waals surface area contributed by atoms with Gasteiger partial charge in [-0.15, -0.1) is 11.3 Å². The Hall–Kier alpha value is -1.54. The molecule has 1 atom stereocenters. The van der Waals surface area contributed by atoms with Gasteiger partial charge in [0.25, 0.3) is 5.91 Å². The Morgan fingerprint density at radius 2 is 2.12 bits per heavy atom. The summed E-state index contributed by atoms with van der Waals surface area (Å²) < 4.78 is 13.9. The molecule has 0 aliphatic carbocycles. The normalized spacial score (nSPS) is 16.9. The zero-order valence-electron chi connectivity index (χ0n) is 13.8. The third-order valence-electron chi connectivity index (χ3n) is 4.23. The van der Waals surface area contributed by atoms with E-state index in [1.807, 2.05) is 12.3 Å². The summed E-state index contributed by atoms with van der Waals surface area (Å²) in [4.78, 5) is 20.7. The van der Waals surface area contributed by atoms with Crippen LogP contribution in [0.15, 0.2) is 23.6 Å². The molecule has 1 unspecified atom stereocenters. The predicted octanol–water partition coefficient (Wildman–Crippen LogP) is 2.62. The van der Waals surface area contributed by atoms with Gasteiger partial charge in [0.15, 0.2) is 6.10 Å². The number of amides is 1. The molecule has 1 amide bonds. The highest BCUT2D eigenvalue weighted by atomic mass is 35.5. The summed E-state index contributed by atoms with van der Waals surface area (Å²) >= 11 is 7.33. The molecule has 1 aliphatic heterocycles. The Balaban J connectivity index is 1.57. The number of aliphatic hydroxyl groups excluding tert-OH is 1. The van der Waals surface area contributed by atoms with E-state index in [1.54, 1.807) is 16.2 Å². The van der Waals surface area contributed by atoms with Crippen LogP contribution in [0.5, 0.6) is 0 Å². The van der Waals surface area contributed by atoms with E-state index in [4.69, 9.17) is 11.6 Å². The third-order valence-corrected chi connectivity index (χ3v) is 5.28. The molecule has 1 aliphatic rings. The molecule has 8 heteroatoms. The highest BCUT2D eigenvalue weighted by Crippen LogP contribution is 2.23. The van der Waals surface area contributed by atoms with E-state index in [-0.39, 0.29) is 10.6 Å². The summed E-state index contributed by atoms with van der Waals surface area (Å²) in [5.41, 5.74) is 0.986. The molecule has 1 fully saturated rings. The van der Waals surface area contributed by atoms with Gasteiger partial charge in [-0.05, 0) is 19.1 Å². The molecule has 3 rings (SSSR count). The van der Waals surface area contributed by atoms with Crippen LogP contribution >= 0.6 is 22.9 Å². The van der Waals surface area contributed by atoms with Gasteiger partial charge in [0.1, 0.15) is 5.82 Å². The van der Waals surface area contributed by atoms with E-state index in [9.17, 15) is 14.3 Å². The maximum Gasteiger partial charge on any atom is 0.256 e. The minimum Gasteiger partial charge on any atom is -0.378 e. The fourth-order valence-corrected chi connectivity index (χ4v) is 3.63. The Morgan fingerprint density at radius 3 is 2.72 bits per heavy atom. The van der Waals surface area contributed by atoms with E-state index in [1.165, 1.54) is 12.1 Å². The smallest absolute Gasteiger partial charge is 0.256 e. The van der Waals surface area contributed by atoms with Crippen LogP contribution in [0.4, 0.5) is 4.39 Å². The summed E-state index contributed by atoms with van der Waals surface area (Å²) in [6, 6.07) is 3.91. The summed E-state index contributed by atoms with van der Waals surface area (Å²) in [5, 5.41) is 13.5. The molecular weight excluding hydrogens is 365 g/mol. The van der Waals surface area contributed by atoms with Crippen molar-refractivity contribution < 1.29 is 14.3 Å². The van der Waals surface area contributed by atoms with E-state index in [2.05, 4.69) is 9.88 Å². The number of carbonyl (C=O) groups is 1. The number of benzene rings is 1. The van der Waals surface area contributed by atoms with Gasteiger partial charge < -0.3 is 10.0 Å². The van der Waals surface area contributed by atoms with Crippen LogP contribution < -0.4 is 0 Å². The van der Waals surface area contributed by atoms with Gasteiger partial charge in [0.05, 0.1) is 10.7 Å². The fraction of sp³-hybridized carbons (Fsp3) is 0.412. The van der Waals surface area contributed by atoms with Crippen LogP contribution in [0.1, 0.15) is 22.4 Å². The quantitative estimate of drug-likeness (QED) is 0.881. The van der Waals surface area contributed by atoms with E-state index in [0.717, 1.165) is 23.3 Å². The highest BCUT2D eigenvalue weighted by Gasteiger charge is 2.29. The number of halogens is 2. The Labute approximate surface area is 154 Å². The van der Waals surface area contributed by atoms with Gasteiger partial charge in [0, 0.05) is 48.7 Å². The number of nitrogens with zero attached hydrogens (tertiary/aromatic N) is 3. The Morgan fingerprint density at radius 1 is 1.40 bits per heavy atom. The van der Waals surface area contributed by atoms with Gasteiger partial charge in [-0.3, -0.25) is 9.69 Å². The first kappa shape index (κ1) is 18.3. The van der Waals surface area contributed by atoms with Crippen LogP contribution in [-0.4, -0.2) is 52.0 Å². The van der Waals surface area contributed by atoms with Crippen LogP contribution in [-0.2, 0) is 11.3 Å². The topological polar surface area (TPSA) is 56.7 Å². The van der Waals surface area contributed by atoms with Gasteiger partial charge in [-0.2, -0.15) is 0 Å². The van der Waals surface area contributed by atoms with Crippen molar-refractivity contribution in [3.63, 3.8) is 0 Å². The molecule has 1 aromatic carbocycles. The number of aromatic nitrogens is 1. The Bertz CT molecular complexity index is 762. The number of thiazole rings is 1. The lowest BCUT2D eigenvalue weighted by atomic mass is 10.1. The molecule has 0 saturated carbocycles. The number of aryl methyl sites for hydroxylation is 1. The highest BCUT2D eigenvalue weighted by molar-refractivity contribution is 7.09. The van der Waals surface area contributed by atoms with Gasteiger partial charge >= 0.3 is 0 Å². The Kier molecular flexibility index (Phi) is 5.68. The van der Waals surface area contributed by atoms with Crippen LogP contribution in [0.25, 0.3) is 0 Å². The van der Waals surface area contributed by atoms with E-state index >= 15 is 0 Å². The summed E-state index contributed by atoms with van der Waals surface area (Å²) in [7, 11) is 0. The SMILES string of the molecule is Cc1nc(CN2CCN(C(=O)C(O)c3ccc(Cl)cc3F)CC2)cs1. The van der Waals surface area contributed by atoms with E-state index in [0.29, 0.717) is 26.2 Å². The molecule has 2 aromatic rings. The number of carbonyl (C=O) groups excluding carboxylic acids is 1. The number of piperazine rings is 1. The van der Waals surface area contributed by atoms with Gasteiger partial charge in [-0.25, -0.2) is 9.37 Å². The monoisotopic (exact) mass is 383 g/mol. The van der Waals surface area contributed by atoms with Crippen LogP contribution in [0, 0.1) is 12.7 Å². The lowest BCUT2D eigenvalue weighted by Gasteiger charge is -2.35. The number of hydrogen-bond donors (Lipinski definition) is 1. The molecule has 0 spiro atoms. The first-order valence-electron chi connectivity index (χ1n) is 7.99. The minimum absolute atomic E-state index is 0.0465. The minimum atomic E-state index is -1.51. The number of rotatable bonds is 4. The second kappa shape index (κ2) is 7.78. The lowest BCUT2D eigenvalue weighted by Crippen LogP contribution is -2.49. The summed E-state index contributed by atoms with van der Waals surface area (Å²) in [6.45, 7) is 5.10. The maximum absolute atomic E-state index is 13.9. The van der Waals surface area contributed by atoms with Crippen molar-refractivity contribution in [3.05, 3.63) is 50.7 Å². The number of aliphatic hydroxyl groups is 1. The second-order valence-electron chi connectivity index (χ2n) is 6.03. The van der Waals surface area contributed by atoms with Gasteiger partial charge in [-0.1, -0.05) is 17.7 Å². The molecule has 5 nitrogen and oxygen atoms in total. The van der Waals surface area contributed by atoms with Crippen molar-refractivity contribution in [2.45, 2.75) is 19.6 Å². The first-order chi connectivity index (χ1) is 11.9. The average molecular weight is 384 g/mol. The van der Waals surface area contributed by atoms with Crippen molar-refractivity contribution in [3.8, 4) is 0 Å². The molecule has 25 heavy (non-hydrogen) atoms. The number of hydrogen-bond acceptors (Lipinski definition) is 5. The third kappa shape index (κ3) is 4.36. The van der Waals surface area contributed by atoms with Crippen molar-refractivity contribution in [2.24, 2.45) is 0 Å². The van der Waals surface area contributed by atoms with Crippen molar-refractivity contribution >= 4 is 28.8 Å². The van der Waals surface area contributed by atoms with Crippen molar-refractivity contribution in [1.29, 1.82) is 0 Å². The standard InChI is InChI=1S/C17H19ClFN3O2S/c1-11-20-13(10-25-11)9-21-4-6-22(7-5-21)17(24)16(23)14-3-2-12(18)8-15(14)19/h2-3,8,10,16,23H,4-7,9H2,1H3. The van der Waals surface area contributed by atoms with Crippen molar-refractivity contribution in [1.82, 2.24) is 14.8 Å².